The topological polar surface area (TPSA) is 111 Å². The zero-order valence-corrected chi connectivity index (χ0v) is 14.3. The average Bonchev–Trinajstić information content (AvgIpc) is 3.03. The van der Waals surface area contributed by atoms with Crippen LogP contribution in [0.1, 0.15) is 6.92 Å². The number of carbonyl (C=O) groups excluding carboxylic acids is 1. The summed E-state index contributed by atoms with van der Waals surface area (Å²) in [6, 6.07) is 6.97. The lowest BCUT2D eigenvalue weighted by molar-refractivity contribution is -0.116. The summed E-state index contributed by atoms with van der Waals surface area (Å²) in [6.45, 7) is 2.44. The second kappa shape index (κ2) is 7.79. The van der Waals surface area contributed by atoms with Gasteiger partial charge in [-0.3, -0.25) is 14.2 Å². The van der Waals surface area contributed by atoms with Crippen molar-refractivity contribution in [2.75, 3.05) is 18.5 Å². The number of aliphatic hydroxyl groups excluding tert-OH is 1. The Hall–Kier alpha value is -3.20. The third kappa shape index (κ3) is 3.72. The van der Waals surface area contributed by atoms with Gasteiger partial charge in [0.25, 0.3) is 5.56 Å². The number of carbonyl (C=O) groups is 1. The van der Waals surface area contributed by atoms with Gasteiger partial charge in [-0.25, -0.2) is 9.67 Å². The van der Waals surface area contributed by atoms with E-state index in [4.69, 9.17) is 9.84 Å². The zero-order valence-electron chi connectivity index (χ0n) is 14.3. The van der Waals surface area contributed by atoms with E-state index in [1.807, 2.05) is 6.92 Å². The Labute approximate surface area is 148 Å². The van der Waals surface area contributed by atoms with Gasteiger partial charge in [0.05, 0.1) is 26.0 Å². The number of aromatic nitrogens is 4. The van der Waals surface area contributed by atoms with Crippen molar-refractivity contribution in [3.05, 3.63) is 47.1 Å². The Morgan fingerprint density at radius 2 is 2.08 bits per heavy atom. The van der Waals surface area contributed by atoms with E-state index in [0.717, 1.165) is 5.75 Å². The first-order chi connectivity index (χ1) is 12.6. The third-order valence-electron chi connectivity index (χ3n) is 3.70. The van der Waals surface area contributed by atoms with Crippen LogP contribution in [0.2, 0.25) is 0 Å². The minimum atomic E-state index is -0.360. The van der Waals surface area contributed by atoms with Crippen LogP contribution >= 0.6 is 0 Å². The van der Waals surface area contributed by atoms with E-state index >= 15 is 0 Å². The first kappa shape index (κ1) is 17.6. The van der Waals surface area contributed by atoms with Crippen molar-refractivity contribution in [1.29, 1.82) is 0 Å². The molecule has 0 aliphatic carbocycles. The number of amides is 1. The molecule has 0 radical (unpaired) electrons. The van der Waals surface area contributed by atoms with Gasteiger partial charge < -0.3 is 15.2 Å². The number of rotatable bonds is 7. The van der Waals surface area contributed by atoms with Crippen LogP contribution in [0.25, 0.3) is 11.0 Å². The molecule has 9 heteroatoms. The van der Waals surface area contributed by atoms with E-state index in [0.29, 0.717) is 23.3 Å². The Kier molecular flexibility index (Phi) is 5.28. The van der Waals surface area contributed by atoms with Crippen molar-refractivity contribution < 1.29 is 14.6 Å². The smallest absolute Gasteiger partial charge is 0.264 e. The van der Waals surface area contributed by atoms with Crippen LogP contribution in [0.15, 0.2) is 41.6 Å². The highest BCUT2D eigenvalue weighted by Gasteiger charge is 2.12. The van der Waals surface area contributed by atoms with Crippen LogP contribution in [0, 0.1) is 0 Å². The SMILES string of the molecule is CCOc1ccc(NC(=O)Cn2cnc3c(cnn3CCO)c2=O)cc1. The quantitative estimate of drug-likeness (QED) is 0.641. The number of benzene rings is 1. The molecule has 26 heavy (non-hydrogen) atoms. The van der Waals surface area contributed by atoms with Crippen molar-refractivity contribution in [1.82, 2.24) is 19.3 Å². The molecule has 1 aromatic carbocycles. The van der Waals surface area contributed by atoms with Gasteiger partial charge in [-0.05, 0) is 31.2 Å². The third-order valence-corrected chi connectivity index (χ3v) is 3.70. The molecule has 0 saturated heterocycles. The number of hydrogen-bond donors (Lipinski definition) is 2. The lowest BCUT2D eigenvalue weighted by atomic mass is 10.3. The fraction of sp³-hybridized carbons (Fsp3) is 0.294. The molecule has 3 rings (SSSR count). The van der Waals surface area contributed by atoms with Crippen LogP contribution in [0.5, 0.6) is 5.75 Å². The fourth-order valence-electron chi connectivity index (χ4n) is 2.52. The average molecular weight is 357 g/mol. The predicted molar refractivity (Wildman–Crippen MR) is 95.1 cm³/mol. The van der Waals surface area contributed by atoms with Crippen molar-refractivity contribution in [2.24, 2.45) is 0 Å². The second-order valence-corrected chi connectivity index (χ2v) is 5.51. The number of nitrogens with one attached hydrogen (secondary N) is 1. The van der Waals surface area contributed by atoms with Gasteiger partial charge in [-0.2, -0.15) is 5.10 Å². The van der Waals surface area contributed by atoms with Gasteiger partial charge in [-0.15, -0.1) is 0 Å². The zero-order chi connectivity index (χ0) is 18.5. The van der Waals surface area contributed by atoms with Crippen LogP contribution < -0.4 is 15.6 Å². The van der Waals surface area contributed by atoms with Gasteiger partial charge in [0.2, 0.25) is 5.91 Å². The van der Waals surface area contributed by atoms with E-state index in [1.54, 1.807) is 24.3 Å². The molecule has 0 unspecified atom stereocenters. The molecule has 0 saturated carbocycles. The number of fused-ring (bicyclic) bond motifs is 1. The molecular formula is C17H19N5O4. The highest BCUT2D eigenvalue weighted by atomic mass is 16.5. The van der Waals surface area contributed by atoms with Gasteiger partial charge >= 0.3 is 0 Å². The number of nitrogens with zero attached hydrogens (tertiary/aromatic N) is 4. The molecule has 2 N–H and O–H groups in total. The Morgan fingerprint density at radius 1 is 1.31 bits per heavy atom. The summed E-state index contributed by atoms with van der Waals surface area (Å²) in [5.74, 6) is 0.372. The summed E-state index contributed by atoms with van der Waals surface area (Å²) >= 11 is 0. The molecule has 0 spiro atoms. The summed E-state index contributed by atoms with van der Waals surface area (Å²) < 4.78 is 8.01. The summed E-state index contributed by atoms with van der Waals surface area (Å²) in [4.78, 5) is 28.8. The summed E-state index contributed by atoms with van der Waals surface area (Å²) in [6.07, 6.45) is 2.69. The van der Waals surface area contributed by atoms with E-state index in [1.165, 1.54) is 21.8 Å². The molecule has 0 aliphatic heterocycles. The van der Waals surface area contributed by atoms with Crippen LogP contribution in [0.3, 0.4) is 0 Å². The molecule has 0 aliphatic rings. The number of hydrogen-bond acceptors (Lipinski definition) is 6. The molecule has 0 atom stereocenters. The van der Waals surface area contributed by atoms with Crippen molar-refractivity contribution >= 4 is 22.6 Å². The first-order valence-electron chi connectivity index (χ1n) is 8.17. The van der Waals surface area contributed by atoms with Crippen molar-refractivity contribution in [3.8, 4) is 5.75 Å². The minimum Gasteiger partial charge on any atom is -0.494 e. The summed E-state index contributed by atoms with van der Waals surface area (Å²) in [5.41, 5.74) is 0.629. The molecule has 136 valence electrons. The van der Waals surface area contributed by atoms with Gasteiger partial charge in [0.1, 0.15) is 24.0 Å². The van der Waals surface area contributed by atoms with E-state index in [2.05, 4.69) is 15.4 Å². The Balaban J connectivity index is 1.72. The first-order valence-corrected chi connectivity index (χ1v) is 8.17. The van der Waals surface area contributed by atoms with Crippen molar-refractivity contribution in [2.45, 2.75) is 20.0 Å². The molecule has 1 amide bonds. The number of ether oxygens (including phenoxy) is 1. The van der Waals surface area contributed by atoms with Gasteiger partial charge in [0, 0.05) is 5.69 Å². The predicted octanol–water partition coefficient (Wildman–Crippen LogP) is 0.623. The number of aliphatic hydroxyl groups is 1. The maximum absolute atomic E-state index is 12.5. The van der Waals surface area contributed by atoms with Crippen LogP contribution in [-0.2, 0) is 17.9 Å². The van der Waals surface area contributed by atoms with Crippen molar-refractivity contribution in [3.63, 3.8) is 0 Å². The summed E-state index contributed by atoms with van der Waals surface area (Å²) in [7, 11) is 0. The molecule has 9 nitrogen and oxygen atoms in total. The lowest BCUT2D eigenvalue weighted by Gasteiger charge is -2.08. The fourth-order valence-corrected chi connectivity index (χ4v) is 2.52. The van der Waals surface area contributed by atoms with Crippen LogP contribution in [0.4, 0.5) is 5.69 Å². The molecule has 2 aromatic heterocycles. The molecule has 2 heterocycles. The van der Waals surface area contributed by atoms with E-state index in [9.17, 15) is 9.59 Å². The standard InChI is InChI=1S/C17H19N5O4/c1-2-26-13-5-3-12(4-6-13)20-15(24)10-21-11-18-16-14(17(21)25)9-19-22(16)7-8-23/h3-6,9,11,23H,2,7-8,10H2,1H3,(H,20,24). The maximum Gasteiger partial charge on any atom is 0.264 e. The van der Waals surface area contributed by atoms with E-state index < -0.39 is 0 Å². The Morgan fingerprint density at radius 3 is 2.77 bits per heavy atom. The minimum absolute atomic E-state index is 0.105. The largest absolute Gasteiger partial charge is 0.494 e. The highest BCUT2D eigenvalue weighted by Crippen LogP contribution is 2.15. The number of anilines is 1. The maximum atomic E-state index is 12.5. The molecule has 0 fully saturated rings. The molecular weight excluding hydrogens is 338 g/mol. The van der Waals surface area contributed by atoms with Gasteiger partial charge in [-0.1, -0.05) is 0 Å². The van der Waals surface area contributed by atoms with Gasteiger partial charge in [0.15, 0.2) is 5.65 Å². The molecule has 3 aromatic rings. The van der Waals surface area contributed by atoms with E-state index in [-0.39, 0.29) is 31.2 Å². The molecule has 0 bridgehead atoms. The lowest BCUT2D eigenvalue weighted by Crippen LogP contribution is -2.27. The normalized spacial score (nSPS) is 10.8. The second-order valence-electron chi connectivity index (χ2n) is 5.51. The highest BCUT2D eigenvalue weighted by molar-refractivity contribution is 5.90. The monoisotopic (exact) mass is 357 g/mol. The summed E-state index contributed by atoms with van der Waals surface area (Å²) in [5, 5.41) is 16.0. The van der Waals surface area contributed by atoms with Crippen LogP contribution in [-0.4, -0.2) is 43.6 Å². The Bertz CT molecular complexity index is 961.